The van der Waals surface area contributed by atoms with E-state index in [1.165, 1.54) is 0 Å². The zero-order valence-electron chi connectivity index (χ0n) is 13.4. The van der Waals surface area contributed by atoms with E-state index in [9.17, 15) is 4.79 Å². The molecule has 2 heterocycles. The van der Waals surface area contributed by atoms with Gasteiger partial charge in [-0.05, 0) is 42.6 Å². The van der Waals surface area contributed by atoms with E-state index < -0.39 is 6.10 Å². The van der Waals surface area contributed by atoms with Crippen molar-refractivity contribution in [1.29, 1.82) is 0 Å². The van der Waals surface area contributed by atoms with Gasteiger partial charge < -0.3 is 14.1 Å². The Balaban J connectivity index is 1.71. The van der Waals surface area contributed by atoms with Crippen LogP contribution in [0.5, 0.6) is 5.75 Å². The molecular weight excluding hydrogens is 322 g/mol. The van der Waals surface area contributed by atoms with E-state index in [2.05, 4.69) is 0 Å². The first kappa shape index (κ1) is 16.3. The third kappa shape index (κ3) is 4.26. The third-order valence-electron chi connectivity index (χ3n) is 3.57. The van der Waals surface area contributed by atoms with Crippen molar-refractivity contribution in [1.82, 2.24) is 4.90 Å². The lowest BCUT2D eigenvalue weighted by atomic mass is 10.2. The predicted molar refractivity (Wildman–Crippen MR) is 93.8 cm³/mol. The summed E-state index contributed by atoms with van der Waals surface area (Å²) in [5.41, 5.74) is 0. The Labute approximate surface area is 145 Å². The van der Waals surface area contributed by atoms with Crippen LogP contribution >= 0.6 is 11.3 Å². The number of para-hydroxylation sites is 1. The van der Waals surface area contributed by atoms with Crippen molar-refractivity contribution in [3.8, 4) is 5.75 Å². The Bertz CT molecular complexity index is 702. The number of carbonyl (C=O) groups excluding carboxylic acids is 1. The molecule has 0 spiro atoms. The van der Waals surface area contributed by atoms with Crippen molar-refractivity contribution in [3.63, 3.8) is 0 Å². The van der Waals surface area contributed by atoms with Crippen molar-refractivity contribution >= 4 is 17.2 Å². The van der Waals surface area contributed by atoms with Crippen LogP contribution in [-0.4, -0.2) is 16.9 Å². The fraction of sp³-hybridized carbons (Fsp3) is 0.211. The molecule has 2 aromatic heterocycles. The molecule has 0 fully saturated rings. The minimum Gasteiger partial charge on any atom is -0.481 e. The highest BCUT2D eigenvalue weighted by molar-refractivity contribution is 7.09. The molecular formula is C19H19NO3S. The molecule has 1 aromatic carbocycles. The van der Waals surface area contributed by atoms with E-state index in [-0.39, 0.29) is 5.91 Å². The Hall–Kier alpha value is -2.53. The smallest absolute Gasteiger partial charge is 0.264 e. The standard InChI is InChI=1S/C19H19NO3S/c1-15(23-16-7-3-2-4-8-16)19(21)20(13-17-9-5-11-22-17)14-18-10-6-12-24-18/h2-12,15H,13-14H2,1H3. The van der Waals surface area contributed by atoms with Crippen LogP contribution in [0.1, 0.15) is 17.6 Å². The number of carbonyl (C=O) groups is 1. The summed E-state index contributed by atoms with van der Waals surface area (Å²) in [5, 5.41) is 2.01. The zero-order valence-corrected chi connectivity index (χ0v) is 14.2. The van der Waals surface area contributed by atoms with Gasteiger partial charge in [0.05, 0.1) is 19.4 Å². The minimum absolute atomic E-state index is 0.0661. The molecule has 1 atom stereocenters. The quantitative estimate of drug-likeness (QED) is 0.642. The molecule has 0 radical (unpaired) electrons. The van der Waals surface area contributed by atoms with Gasteiger partial charge >= 0.3 is 0 Å². The van der Waals surface area contributed by atoms with Crippen molar-refractivity contribution in [2.24, 2.45) is 0 Å². The first-order valence-electron chi connectivity index (χ1n) is 7.77. The molecule has 0 saturated heterocycles. The highest BCUT2D eigenvalue weighted by Crippen LogP contribution is 2.18. The summed E-state index contributed by atoms with van der Waals surface area (Å²) in [5.74, 6) is 1.38. The van der Waals surface area contributed by atoms with Gasteiger partial charge in [-0.25, -0.2) is 0 Å². The van der Waals surface area contributed by atoms with Crippen molar-refractivity contribution in [2.75, 3.05) is 0 Å². The van der Waals surface area contributed by atoms with E-state index in [1.54, 1.807) is 29.4 Å². The first-order chi connectivity index (χ1) is 11.7. The maximum atomic E-state index is 12.9. The van der Waals surface area contributed by atoms with Crippen LogP contribution in [0.2, 0.25) is 0 Å². The van der Waals surface area contributed by atoms with Gasteiger partial charge in [0, 0.05) is 4.88 Å². The molecule has 4 nitrogen and oxygen atoms in total. The fourth-order valence-corrected chi connectivity index (χ4v) is 3.12. The normalized spacial score (nSPS) is 11.9. The predicted octanol–water partition coefficient (Wildman–Crippen LogP) is 4.34. The lowest BCUT2D eigenvalue weighted by Crippen LogP contribution is -2.39. The number of benzene rings is 1. The Kier molecular flexibility index (Phi) is 5.33. The maximum absolute atomic E-state index is 12.9. The molecule has 1 amide bonds. The van der Waals surface area contributed by atoms with Gasteiger partial charge in [0.15, 0.2) is 6.10 Å². The van der Waals surface area contributed by atoms with Gasteiger partial charge in [-0.2, -0.15) is 0 Å². The molecule has 3 rings (SSSR count). The minimum atomic E-state index is -0.567. The third-order valence-corrected chi connectivity index (χ3v) is 4.43. The van der Waals surface area contributed by atoms with E-state index in [0.29, 0.717) is 18.8 Å². The molecule has 3 aromatic rings. The number of hydrogen-bond acceptors (Lipinski definition) is 4. The topological polar surface area (TPSA) is 42.7 Å². The van der Waals surface area contributed by atoms with Crippen LogP contribution in [0.15, 0.2) is 70.7 Å². The van der Waals surface area contributed by atoms with Gasteiger partial charge in [-0.1, -0.05) is 24.3 Å². The second kappa shape index (κ2) is 7.84. The molecule has 0 N–H and O–H groups in total. The van der Waals surface area contributed by atoms with Gasteiger partial charge in [-0.3, -0.25) is 4.79 Å². The number of nitrogens with zero attached hydrogens (tertiary/aromatic N) is 1. The number of amides is 1. The lowest BCUT2D eigenvalue weighted by molar-refractivity contribution is -0.139. The Morgan fingerprint density at radius 1 is 1.12 bits per heavy atom. The highest BCUT2D eigenvalue weighted by Gasteiger charge is 2.23. The first-order valence-corrected chi connectivity index (χ1v) is 8.65. The summed E-state index contributed by atoms with van der Waals surface area (Å²) in [7, 11) is 0. The molecule has 0 saturated carbocycles. The molecule has 124 valence electrons. The van der Waals surface area contributed by atoms with Crippen LogP contribution < -0.4 is 4.74 Å². The van der Waals surface area contributed by atoms with E-state index >= 15 is 0 Å². The lowest BCUT2D eigenvalue weighted by Gasteiger charge is -2.25. The van der Waals surface area contributed by atoms with E-state index in [0.717, 1.165) is 10.6 Å². The number of thiophene rings is 1. The summed E-state index contributed by atoms with van der Waals surface area (Å²) in [6.07, 6.45) is 1.05. The van der Waals surface area contributed by atoms with Crippen LogP contribution in [0.3, 0.4) is 0 Å². The molecule has 0 aliphatic rings. The van der Waals surface area contributed by atoms with Crippen LogP contribution in [0.25, 0.3) is 0 Å². The Morgan fingerprint density at radius 3 is 2.62 bits per heavy atom. The molecule has 0 bridgehead atoms. The van der Waals surface area contributed by atoms with Crippen LogP contribution in [0, 0.1) is 0 Å². The number of ether oxygens (including phenoxy) is 1. The molecule has 24 heavy (non-hydrogen) atoms. The molecule has 0 aliphatic carbocycles. The van der Waals surface area contributed by atoms with Crippen LogP contribution in [0.4, 0.5) is 0 Å². The summed E-state index contributed by atoms with van der Waals surface area (Å²) in [4.78, 5) is 15.8. The van der Waals surface area contributed by atoms with Gasteiger partial charge in [-0.15, -0.1) is 11.3 Å². The second-order valence-electron chi connectivity index (χ2n) is 5.43. The summed E-state index contributed by atoms with van der Waals surface area (Å²) < 4.78 is 11.2. The van der Waals surface area contributed by atoms with E-state index in [4.69, 9.17) is 9.15 Å². The summed E-state index contributed by atoms with van der Waals surface area (Å²) >= 11 is 1.63. The molecule has 1 unspecified atom stereocenters. The number of hydrogen-bond donors (Lipinski definition) is 0. The van der Waals surface area contributed by atoms with Crippen molar-refractivity contribution in [3.05, 3.63) is 76.9 Å². The van der Waals surface area contributed by atoms with Gasteiger partial charge in [0.25, 0.3) is 5.91 Å². The van der Waals surface area contributed by atoms with Crippen molar-refractivity contribution in [2.45, 2.75) is 26.1 Å². The average Bonchev–Trinajstić information content (AvgIpc) is 3.28. The number of furan rings is 1. The maximum Gasteiger partial charge on any atom is 0.264 e. The fourth-order valence-electron chi connectivity index (χ4n) is 2.40. The summed E-state index contributed by atoms with van der Waals surface area (Å²) in [6, 6.07) is 17.1. The zero-order chi connectivity index (χ0) is 16.8. The monoisotopic (exact) mass is 341 g/mol. The van der Waals surface area contributed by atoms with Crippen molar-refractivity contribution < 1.29 is 13.9 Å². The number of rotatable bonds is 7. The van der Waals surface area contributed by atoms with Crippen LogP contribution in [-0.2, 0) is 17.9 Å². The van der Waals surface area contributed by atoms with E-state index in [1.807, 2.05) is 60.0 Å². The Morgan fingerprint density at radius 2 is 1.96 bits per heavy atom. The SMILES string of the molecule is CC(Oc1ccccc1)C(=O)N(Cc1ccco1)Cc1cccs1. The van der Waals surface area contributed by atoms with Gasteiger partial charge in [0.1, 0.15) is 11.5 Å². The van der Waals surface area contributed by atoms with Gasteiger partial charge in [0.2, 0.25) is 0 Å². The summed E-state index contributed by atoms with van der Waals surface area (Å²) in [6.45, 7) is 2.74. The second-order valence-corrected chi connectivity index (χ2v) is 6.46. The largest absolute Gasteiger partial charge is 0.481 e. The molecule has 5 heteroatoms. The molecule has 0 aliphatic heterocycles. The highest BCUT2D eigenvalue weighted by atomic mass is 32.1. The average molecular weight is 341 g/mol.